The van der Waals surface area contributed by atoms with E-state index in [-0.39, 0.29) is 6.04 Å². The number of fused-ring (bicyclic) bond motifs is 6. The molecule has 2 aliphatic rings. The van der Waals surface area contributed by atoms with Crippen LogP contribution in [0.15, 0.2) is 158 Å². The van der Waals surface area contributed by atoms with Crippen molar-refractivity contribution in [1.29, 1.82) is 0 Å². The smallest absolute Gasteiger partial charge is 0.144 e. The maximum absolute atomic E-state index is 4.91. The fourth-order valence-electron chi connectivity index (χ4n) is 7.18. The van der Waals surface area contributed by atoms with Gasteiger partial charge in [0.1, 0.15) is 5.82 Å². The van der Waals surface area contributed by atoms with E-state index >= 15 is 0 Å². The minimum atomic E-state index is 0.179. The predicted octanol–water partition coefficient (Wildman–Crippen LogP) is 9.37. The van der Waals surface area contributed by atoms with Crippen molar-refractivity contribution in [2.24, 2.45) is 0 Å². The summed E-state index contributed by atoms with van der Waals surface area (Å²) in [5.41, 5.74) is 9.41. The molecule has 0 amide bonds. The van der Waals surface area contributed by atoms with Gasteiger partial charge in [-0.1, -0.05) is 115 Å². The van der Waals surface area contributed by atoms with E-state index in [1.54, 1.807) is 0 Å². The van der Waals surface area contributed by atoms with E-state index in [2.05, 4.69) is 166 Å². The summed E-state index contributed by atoms with van der Waals surface area (Å²) >= 11 is 0. The van der Waals surface area contributed by atoms with Gasteiger partial charge in [-0.05, 0) is 35.9 Å². The van der Waals surface area contributed by atoms with Gasteiger partial charge in [-0.2, -0.15) is 0 Å². The van der Waals surface area contributed by atoms with E-state index in [1.165, 1.54) is 33.1 Å². The van der Waals surface area contributed by atoms with Crippen LogP contribution in [0.1, 0.15) is 11.5 Å². The number of nitrogens with zero attached hydrogens (tertiary/aromatic N) is 4. The van der Waals surface area contributed by atoms with Crippen LogP contribution in [-0.2, 0) is 0 Å². The van der Waals surface area contributed by atoms with E-state index in [4.69, 9.17) is 4.98 Å². The van der Waals surface area contributed by atoms with Gasteiger partial charge < -0.3 is 9.47 Å². The third kappa shape index (κ3) is 3.53. The fraction of sp³-hybridized carbons (Fsp3) is 0.0513. The quantitative estimate of drug-likeness (QED) is 0.217. The van der Waals surface area contributed by atoms with Crippen molar-refractivity contribution in [2.75, 3.05) is 4.90 Å². The number of imidazole rings is 1. The number of hydrogen-bond acceptors (Lipinski definition) is 2. The van der Waals surface area contributed by atoms with Crippen molar-refractivity contribution in [3.8, 4) is 22.8 Å². The number of rotatable bonds is 4. The molecule has 0 bridgehead atoms. The summed E-state index contributed by atoms with van der Waals surface area (Å²) in [7, 11) is 0. The highest BCUT2D eigenvalue weighted by Crippen LogP contribution is 2.50. The maximum atomic E-state index is 4.91. The molecule has 2 unspecified atom stereocenters. The Kier molecular flexibility index (Phi) is 5.29. The summed E-state index contributed by atoms with van der Waals surface area (Å²) in [4.78, 5) is 7.44. The molecule has 2 atom stereocenters. The average Bonchev–Trinajstić information content (AvgIpc) is 3.78. The molecule has 0 saturated carbocycles. The number of allylic oxidation sites excluding steroid dienone is 2. The zero-order valence-corrected chi connectivity index (χ0v) is 23.5. The molecule has 0 N–H and O–H groups in total. The molecule has 4 nitrogen and oxygen atoms in total. The molecule has 3 heterocycles. The number of aromatic nitrogens is 3. The van der Waals surface area contributed by atoms with Crippen LogP contribution in [0, 0.1) is 0 Å². The first-order chi connectivity index (χ1) is 21.4. The van der Waals surface area contributed by atoms with Crippen LogP contribution in [0.25, 0.3) is 44.6 Å². The minimum Gasteiger partial charge on any atom is -0.332 e. The Hall–Kier alpha value is -5.61. The summed E-state index contributed by atoms with van der Waals surface area (Å²) in [5, 5.41) is 2.49. The molecule has 204 valence electrons. The van der Waals surface area contributed by atoms with Gasteiger partial charge >= 0.3 is 0 Å². The van der Waals surface area contributed by atoms with Crippen molar-refractivity contribution >= 4 is 33.2 Å². The summed E-state index contributed by atoms with van der Waals surface area (Å²) in [5.74, 6) is 1.21. The molecule has 0 radical (unpaired) electrons. The van der Waals surface area contributed by atoms with Crippen molar-refractivity contribution in [2.45, 2.75) is 12.0 Å². The molecule has 1 aliphatic carbocycles. The predicted molar refractivity (Wildman–Crippen MR) is 177 cm³/mol. The van der Waals surface area contributed by atoms with E-state index < -0.39 is 0 Å². The molecule has 2 aromatic heterocycles. The van der Waals surface area contributed by atoms with Crippen LogP contribution in [-0.4, -0.2) is 20.2 Å². The minimum absolute atomic E-state index is 0.179. The lowest BCUT2D eigenvalue weighted by Crippen LogP contribution is -2.29. The van der Waals surface area contributed by atoms with Gasteiger partial charge in [0.05, 0.1) is 34.1 Å². The highest BCUT2D eigenvalue weighted by atomic mass is 15.2. The first kappa shape index (κ1) is 24.0. The standard InChI is InChI=1S/C39H28N4/c1-2-13-27(14-3-1)39-40-25-26-41(39)38-36(42-32-19-8-4-15-28(32)29-16-5-9-20-33(29)42)23-12-24-37(38)43-34-21-10-6-17-30(34)31-18-7-11-22-35(31)43/h1-26,28,32H. The normalized spacial score (nSPS) is 17.1. The van der Waals surface area contributed by atoms with Gasteiger partial charge in [0.25, 0.3) is 0 Å². The van der Waals surface area contributed by atoms with E-state index in [1.807, 2.05) is 6.20 Å². The molecule has 4 heteroatoms. The zero-order valence-electron chi connectivity index (χ0n) is 23.5. The van der Waals surface area contributed by atoms with Gasteiger partial charge in [-0.3, -0.25) is 4.57 Å². The number of benzene rings is 5. The van der Waals surface area contributed by atoms with Crippen LogP contribution in [0.4, 0.5) is 11.4 Å². The second-order valence-corrected chi connectivity index (χ2v) is 11.2. The highest BCUT2D eigenvalue weighted by molar-refractivity contribution is 6.09. The van der Waals surface area contributed by atoms with Gasteiger partial charge in [0.2, 0.25) is 0 Å². The van der Waals surface area contributed by atoms with Gasteiger partial charge in [-0.15, -0.1) is 0 Å². The lowest BCUT2D eigenvalue weighted by molar-refractivity contribution is 0.742. The molecule has 5 aromatic carbocycles. The molecule has 0 spiro atoms. The molecular weight excluding hydrogens is 524 g/mol. The molecule has 1 aliphatic heterocycles. The molecule has 0 saturated heterocycles. The third-order valence-electron chi connectivity index (χ3n) is 8.95. The number of para-hydroxylation sites is 4. The van der Waals surface area contributed by atoms with Crippen LogP contribution in [0.2, 0.25) is 0 Å². The van der Waals surface area contributed by atoms with E-state index in [0.29, 0.717) is 5.92 Å². The lowest BCUT2D eigenvalue weighted by Gasteiger charge is -2.32. The average molecular weight is 553 g/mol. The largest absolute Gasteiger partial charge is 0.332 e. The van der Waals surface area contributed by atoms with Crippen LogP contribution in [0.5, 0.6) is 0 Å². The topological polar surface area (TPSA) is 26.0 Å². The van der Waals surface area contributed by atoms with E-state index in [9.17, 15) is 0 Å². The fourth-order valence-corrected chi connectivity index (χ4v) is 7.18. The Morgan fingerprint density at radius 1 is 0.558 bits per heavy atom. The third-order valence-corrected chi connectivity index (χ3v) is 8.95. The number of anilines is 2. The molecule has 9 rings (SSSR count). The van der Waals surface area contributed by atoms with Crippen molar-refractivity contribution in [1.82, 2.24) is 14.1 Å². The molecular formula is C39H28N4. The van der Waals surface area contributed by atoms with Gasteiger partial charge in [0, 0.05) is 40.3 Å². The monoisotopic (exact) mass is 552 g/mol. The van der Waals surface area contributed by atoms with Gasteiger partial charge in [0.15, 0.2) is 0 Å². The summed E-state index contributed by atoms with van der Waals surface area (Å²) in [6.45, 7) is 0. The summed E-state index contributed by atoms with van der Waals surface area (Å²) in [6.07, 6.45) is 13.1. The van der Waals surface area contributed by atoms with Crippen LogP contribution >= 0.6 is 0 Å². The Bertz CT molecular complexity index is 2160. The molecule has 0 fully saturated rings. The molecule has 7 aromatic rings. The van der Waals surface area contributed by atoms with Crippen molar-refractivity contribution in [3.63, 3.8) is 0 Å². The van der Waals surface area contributed by atoms with Crippen molar-refractivity contribution < 1.29 is 0 Å². The maximum Gasteiger partial charge on any atom is 0.144 e. The lowest BCUT2D eigenvalue weighted by atomic mass is 9.91. The first-order valence-electron chi connectivity index (χ1n) is 14.8. The second-order valence-electron chi connectivity index (χ2n) is 11.2. The number of hydrogen-bond donors (Lipinski definition) is 0. The zero-order chi connectivity index (χ0) is 28.3. The Labute approximate surface area is 250 Å². The van der Waals surface area contributed by atoms with Crippen LogP contribution < -0.4 is 4.90 Å². The first-order valence-corrected chi connectivity index (χ1v) is 14.8. The Morgan fingerprint density at radius 2 is 1.21 bits per heavy atom. The van der Waals surface area contributed by atoms with Crippen LogP contribution in [0.3, 0.4) is 0 Å². The van der Waals surface area contributed by atoms with Crippen molar-refractivity contribution in [3.05, 3.63) is 164 Å². The molecule has 43 heavy (non-hydrogen) atoms. The summed E-state index contributed by atoms with van der Waals surface area (Å²) in [6, 6.07) is 43.7. The SMILES string of the molecule is C1=CC2c3ccccc3N(c3cccc(-n4c5ccccc5c5ccccc54)c3-n3ccnc3-c3ccccc3)C2C=C1. The second kappa shape index (κ2) is 9.47. The Balaban J connectivity index is 1.40. The van der Waals surface area contributed by atoms with Gasteiger partial charge in [-0.25, -0.2) is 4.98 Å². The Morgan fingerprint density at radius 3 is 2.02 bits per heavy atom. The van der Waals surface area contributed by atoms with E-state index in [0.717, 1.165) is 28.5 Å². The summed E-state index contributed by atoms with van der Waals surface area (Å²) < 4.78 is 4.70. The highest BCUT2D eigenvalue weighted by Gasteiger charge is 2.38.